The van der Waals surface area contributed by atoms with E-state index < -0.39 is 17.8 Å². The van der Waals surface area contributed by atoms with Crippen molar-refractivity contribution in [2.75, 3.05) is 30.9 Å². The number of nitrogens with one attached hydrogen (secondary N) is 3. The second-order valence-corrected chi connectivity index (χ2v) is 5.92. The molecule has 0 fully saturated rings. The molecule has 0 saturated carbocycles. The Morgan fingerprint density at radius 3 is 2.63 bits per heavy atom. The Labute approximate surface area is 160 Å². The monoisotopic (exact) mass is 395 g/mol. The fraction of sp³-hybridized carbons (Fsp3) is 0.222. The number of aliphatic hydroxyl groups is 1. The summed E-state index contributed by atoms with van der Waals surface area (Å²) in [5.74, 6) is -0.579. The zero-order chi connectivity index (χ0) is 19.8. The largest absolute Gasteiger partial charge is 0.497 e. The van der Waals surface area contributed by atoms with Gasteiger partial charge in [0, 0.05) is 29.9 Å². The summed E-state index contributed by atoms with van der Waals surface area (Å²) in [4.78, 5) is 24.5. The van der Waals surface area contributed by atoms with Crippen LogP contribution in [0.25, 0.3) is 0 Å². The van der Waals surface area contributed by atoms with Crippen molar-refractivity contribution in [3.63, 3.8) is 0 Å². The highest BCUT2D eigenvalue weighted by Gasteiger charge is 2.15. The second kappa shape index (κ2) is 9.75. The molecule has 0 unspecified atom stereocenters. The van der Waals surface area contributed by atoms with Gasteiger partial charge in [-0.3, -0.25) is 4.79 Å². The van der Waals surface area contributed by atoms with E-state index in [-0.39, 0.29) is 35.1 Å². The third kappa shape index (κ3) is 6.12. The maximum Gasteiger partial charge on any atom is 0.323 e. The summed E-state index contributed by atoms with van der Waals surface area (Å²) in [6.45, 7) is 0.237. The van der Waals surface area contributed by atoms with Gasteiger partial charge in [0.2, 0.25) is 0 Å². The number of rotatable bonds is 7. The van der Waals surface area contributed by atoms with Crippen molar-refractivity contribution in [2.45, 2.75) is 6.42 Å². The molecule has 3 amide bonds. The number of halogens is 2. The van der Waals surface area contributed by atoms with Gasteiger partial charge in [-0.1, -0.05) is 11.6 Å². The molecule has 2 rings (SSSR count). The van der Waals surface area contributed by atoms with E-state index in [0.29, 0.717) is 12.2 Å². The SMILES string of the molecule is COc1ccc(C(=O)NCCCO)c(NC(=O)Nc2cc(F)cc(Cl)c2)c1. The minimum absolute atomic E-state index is 0.0490. The first-order valence-electron chi connectivity index (χ1n) is 8.04. The van der Waals surface area contributed by atoms with Crippen LogP contribution < -0.4 is 20.7 Å². The van der Waals surface area contributed by atoms with Crippen molar-refractivity contribution in [3.05, 3.63) is 52.8 Å². The van der Waals surface area contributed by atoms with Gasteiger partial charge in [0.05, 0.1) is 18.4 Å². The molecule has 0 atom stereocenters. The van der Waals surface area contributed by atoms with Crippen LogP contribution >= 0.6 is 11.6 Å². The summed E-state index contributed by atoms with van der Waals surface area (Å²) in [5, 5.41) is 16.6. The number of hydrogen-bond acceptors (Lipinski definition) is 4. The Bertz CT molecular complexity index is 812. The number of methoxy groups -OCH3 is 1. The first-order chi connectivity index (χ1) is 12.9. The van der Waals surface area contributed by atoms with E-state index in [4.69, 9.17) is 21.4 Å². The number of aliphatic hydroxyl groups excluding tert-OH is 1. The number of carbonyl (C=O) groups excluding carboxylic acids is 2. The lowest BCUT2D eigenvalue weighted by Gasteiger charge is -2.14. The Kier molecular flexibility index (Phi) is 7.39. The lowest BCUT2D eigenvalue weighted by atomic mass is 10.1. The van der Waals surface area contributed by atoms with Gasteiger partial charge in [0.1, 0.15) is 11.6 Å². The average molecular weight is 396 g/mol. The maximum atomic E-state index is 13.4. The van der Waals surface area contributed by atoms with Crippen molar-refractivity contribution in [1.82, 2.24) is 5.32 Å². The lowest BCUT2D eigenvalue weighted by Crippen LogP contribution is -2.27. The zero-order valence-corrected chi connectivity index (χ0v) is 15.3. The first-order valence-corrected chi connectivity index (χ1v) is 8.42. The molecule has 9 heteroatoms. The summed E-state index contributed by atoms with van der Waals surface area (Å²) in [5.41, 5.74) is 0.575. The van der Waals surface area contributed by atoms with Gasteiger partial charge in [0.15, 0.2) is 0 Å². The molecule has 144 valence electrons. The number of hydrogen-bond donors (Lipinski definition) is 4. The van der Waals surface area contributed by atoms with Crippen LogP contribution in [0.3, 0.4) is 0 Å². The molecular formula is C18H19ClFN3O4. The number of carbonyl (C=O) groups is 2. The van der Waals surface area contributed by atoms with Crippen LogP contribution in [0.15, 0.2) is 36.4 Å². The van der Waals surface area contributed by atoms with E-state index in [1.807, 2.05) is 0 Å². The van der Waals surface area contributed by atoms with E-state index in [2.05, 4.69) is 16.0 Å². The van der Waals surface area contributed by atoms with Crippen molar-refractivity contribution in [1.29, 1.82) is 0 Å². The molecule has 0 aliphatic heterocycles. The Balaban J connectivity index is 2.17. The molecule has 0 heterocycles. The fourth-order valence-corrected chi connectivity index (χ4v) is 2.46. The third-order valence-electron chi connectivity index (χ3n) is 3.46. The molecule has 27 heavy (non-hydrogen) atoms. The van der Waals surface area contributed by atoms with Gasteiger partial charge < -0.3 is 25.8 Å². The molecule has 0 bridgehead atoms. The zero-order valence-electron chi connectivity index (χ0n) is 14.5. The molecule has 2 aromatic carbocycles. The van der Waals surface area contributed by atoms with E-state index >= 15 is 0 Å². The van der Waals surface area contributed by atoms with Crippen LogP contribution in [-0.4, -0.2) is 37.3 Å². The Hall–Kier alpha value is -2.84. The molecule has 0 aromatic heterocycles. The molecule has 0 aliphatic carbocycles. The molecule has 0 spiro atoms. The molecule has 2 aromatic rings. The van der Waals surface area contributed by atoms with Crippen LogP contribution in [0, 0.1) is 5.82 Å². The van der Waals surface area contributed by atoms with Gasteiger partial charge in [0.25, 0.3) is 5.91 Å². The van der Waals surface area contributed by atoms with Crippen LogP contribution in [-0.2, 0) is 0 Å². The normalized spacial score (nSPS) is 10.2. The standard InChI is InChI=1S/C18H19ClFN3O4/c1-27-14-3-4-15(17(25)21-5-2-6-24)16(10-14)23-18(26)22-13-8-11(19)7-12(20)9-13/h3-4,7-10,24H,2,5-6H2,1H3,(H,21,25)(H2,22,23,26). The summed E-state index contributed by atoms with van der Waals surface area (Å²) in [7, 11) is 1.45. The third-order valence-corrected chi connectivity index (χ3v) is 3.68. The van der Waals surface area contributed by atoms with Crippen LogP contribution in [0.4, 0.5) is 20.6 Å². The Morgan fingerprint density at radius 1 is 1.19 bits per heavy atom. The second-order valence-electron chi connectivity index (χ2n) is 5.48. The highest BCUT2D eigenvalue weighted by atomic mass is 35.5. The van der Waals surface area contributed by atoms with Crippen molar-refractivity contribution in [2.24, 2.45) is 0 Å². The highest BCUT2D eigenvalue weighted by molar-refractivity contribution is 6.31. The molecule has 0 radical (unpaired) electrons. The van der Waals surface area contributed by atoms with Crippen molar-refractivity contribution >= 4 is 34.9 Å². The summed E-state index contributed by atoms with van der Waals surface area (Å²) < 4.78 is 18.5. The highest BCUT2D eigenvalue weighted by Crippen LogP contribution is 2.23. The fourth-order valence-electron chi connectivity index (χ4n) is 2.24. The first kappa shape index (κ1) is 20.5. The average Bonchev–Trinajstić information content (AvgIpc) is 2.60. The van der Waals surface area contributed by atoms with E-state index in [1.54, 1.807) is 6.07 Å². The minimum Gasteiger partial charge on any atom is -0.497 e. The summed E-state index contributed by atoms with van der Waals surface area (Å²) in [6.07, 6.45) is 0.408. The number of benzene rings is 2. The molecular weight excluding hydrogens is 377 g/mol. The lowest BCUT2D eigenvalue weighted by molar-refractivity contribution is 0.0952. The number of amides is 3. The maximum absolute atomic E-state index is 13.4. The Morgan fingerprint density at radius 2 is 1.96 bits per heavy atom. The van der Waals surface area contributed by atoms with E-state index in [0.717, 1.165) is 12.1 Å². The van der Waals surface area contributed by atoms with Gasteiger partial charge in [-0.15, -0.1) is 0 Å². The van der Waals surface area contributed by atoms with Crippen LogP contribution in [0.5, 0.6) is 5.75 Å². The van der Waals surface area contributed by atoms with Gasteiger partial charge in [-0.05, 0) is 36.8 Å². The predicted octanol–water partition coefficient (Wildman–Crippen LogP) is 3.24. The number of ether oxygens (including phenoxy) is 1. The van der Waals surface area contributed by atoms with Crippen molar-refractivity contribution in [3.8, 4) is 5.75 Å². The van der Waals surface area contributed by atoms with Crippen LogP contribution in [0.1, 0.15) is 16.8 Å². The summed E-state index contributed by atoms with van der Waals surface area (Å²) >= 11 is 5.76. The van der Waals surface area contributed by atoms with E-state index in [1.165, 1.54) is 25.3 Å². The molecule has 0 aliphatic rings. The smallest absolute Gasteiger partial charge is 0.323 e. The molecule has 0 saturated heterocycles. The topological polar surface area (TPSA) is 99.7 Å². The summed E-state index contributed by atoms with van der Waals surface area (Å²) in [6, 6.07) is 7.49. The quantitative estimate of drug-likeness (QED) is 0.541. The predicted molar refractivity (Wildman–Crippen MR) is 101 cm³/mol. The van der Waals surface area contributed by atoms with Gasteiger partial charge in [-0.25, -0.2) is 9.18 Å². The minimum atomic E-state index is -0.686. The molecule has 7 nitrogen and oxygen atoms in total. The number of urea groups is 1. The number of anilines is 2. The van der Waals surface area contributed by atoms with Gasteiger partial charge in [-0.2, -0.15) is 0 Å². The van der Waals surface area contributed by atoms with E-state index in [9.17, 15) is 14.0 Å². The van der Waals surface area contributed by atoms with Crippen LogP contribution in [0.2, 0.25) is 5.02 Å². The van der Waals surface area contributed by atoms with Crippen molar-refractivity contribution < 1.29 is 23.8 Å². The van der Waals surface area contributed by atoms with Gasteiger partial charge >= 0.3 is 6.03 Å². The molecule has 4 N–H and O–H groups in total.